The Hall–Kier alpha value is -2.74. The first kappa shape index (κ1) is 22.0. The molecule has 0 spiro atoms. The molecule has 0 radical (unpaired) electrons. The molecule has 3 aromatic rings. The minimum Gasteiger partial charge on any atom is -0.497 e. The first-order chi connectivity index (χ1) is 14.3. The van der Waals surface area contributed by atoms with Gasteiger partial charge in [-0.3, -0.25) is 14.2 Å². The van der Waals surface area contributed by atoms with E-state index in [1.807, 2.05) is 58.0 Å². The first-order valence-corrected chi connectivity index (χ1v) is 10.9. The van der Waals surface area contributed by atoms with Crippen molar-refractivity contribution in [3.8, 4) is 5.75 Å². The van der Waals surface area contributed by atoms with Gasteiger partial charge in [0.05, 0.1) is 24.4 Å². The summed E-state index contributed by atoms with van der Waals surface area (Å²) >= 11 is 1.28. The summed E-state index contributed by atoms with van der Waals surface area (Å²) in [4.78, 5) is 33.2. The van der Waals surface area contributed by atoms with Crippen LogP contribution in [0.5, 0.6) is 5.75 Å². The van der Waals surface area contributed by atoms with Gasteiger partial charge in [0.2, 0.25) is 5.91 Å². The van der Waals surface area contributed by atoms with Gasteiger partial charge >= 0.3 is 0 Å². The van der Waals surface area contributed by atoms with E-state index in [-0.39, 0.29) is 29.2 Å². The van der Waals surface area contributed by atoms with Crippen LogP contribution in [0.4, 0.5) is 0 Å². The maximum Gasteiger partial charge on any atom is 0.278 e. The highest BCUT2D eigenvalue weighted by Crippen LogP contribution is 2.21. The largest absolute Gasteiger partial charge is 0.497 e. The number of nitrogens with one attached hydrogen (secondary N) is 2. The van der Waals surface area contributed by atoms with Crippen LogP contribution in [0.2, 0.25) is 0 Å². The average molecular weight is 429 g/mol. The van der Waals surface area contributed by atoms with Crippen molar-refractivity contribution < 1.29 is 9.53 Å². The highest BCUT2D eigenvalue weighted by molar-refractivity contribution is 7.99. The Balaban J connectivity index is 1.75. The quantitative estimate of drug-likeness (QED) is 0.422. The predicted molar refractivity (Wildman–Crippen MR) is 120 cm³/mol. The Morgan fingerprint density at radius 3 is 2.77 bits per heavy atom. The molecule has 0 fully saturated rings. The van der Waals surface area contributed by atoms with Gasteiger partial charge in [-0.1, -0.05) is 37.7 Å². The Labute approximate surface area is 180 Å². The van der Waals surface area contributed by atoms with Crippen LogP contribution < -0.4 is 15.6 Å². The lowest BCUT2D eigenvalue weighted by Gasteiger charge is -2.16. The van der Waals surface area contributed by atoms with Gasteiger partial charge in [-0.2, -0.15) is 0 Å². The van der Waals surface area contributed by atoms with Gasteiger partial charge in [0.25, 0.3) is 5.56 Å². The molecule has 1 amide bonds. The van der Waals surface area contributed by atoms with Crippen LogP contribution in [-0.2, 0) is 11.3 Å². The number of fused-ring (bicyclic) bond motifs is 1. The number of amides is 1. The zero-order valence-electron chi connectivity index (χ0n) is 18.0. The molecule has 0 bridgehead atoms. The Morgan fingerprint density at radius 1 is 1.30 bits per heavy atom. The topological polar surface area (TPSA) is 89.0 Å². The molecule has 0 saturated carbocycles. The second-order valence-electron chi connectivity index (χ2n) is 7.77. The van der Waals surface area contributed by atoms with Crippen molar-refractivity contribution in [3.63, 3.8) is 0 Å². The van der Waals surface area contributed by atoms with E-state index >= 15 is 0 Å². The van der Waals surface area contributed by atoms with Crippen LogP contribution in [0.1, 0.15) is 38.1 Å². The van der Waals surface area contributed by atoms with Crippen molar-refractivity contribution in [2.24, 2.45) is 5.92 Å². The fraction of sp³-hybridized carbons (Fsp3) is 0.409. The molecule has 0 aliphatic carbocycles. The monoisotopic (exact) mass is 428 g/mol. The van der Waals surface area contributed by atoms with Gasteiger partial charge in [-0.25, -0.2) is 4.98 Å². The number of aryl methyl sites for hydroxylation is 1. The summed E-state index contributed by atoms with van der Waals surface area (Å²) in [5.41, 5.74) is 2.89. The fourth-order valence-corrected chi connectivity index (χ4v) is 4.07. The molecule has 3 rings (SSSR count). The van der Waals surface area contributed by atoms with E-state index in [4.69, 9.17) is 4.74 Å². The number of hydrogen-bond acceptors (Lipinski definition) is 5. The number of aromatic amines is 1. The highest BCUT2D eigenvalue weighted by Gasteiger charge is 2.17. The molecule has 30 heavy (non-hydrogen) atoms. The minimum atomic E-state index is -0.159. The number of H-pyrrole nitrogens is 1. The maximum atomic E-state index is 12.9. The molecule has 0 saturated heterocycles. The number of benzene rings is 1. The van der Waals surface area contributed by atoms with E-state index < -0.39 is 0 Å². The summed E-state index contributed by atoms with van der Waals surface area (Å²) in [6.07, 6.45) is 0. The molecule has 1 unspecified atom stereocenters. The van der Waals surface area contributed by atoms with Crippen molar-refractivity contribution in [1.29, 1.82) is 0 Å². The minimum absolute atomic E-state index is 0.102. The van der Waals surface area contributed by atoms with Crippen LogP contribution in [0.25, 0.3) is 11.0 Å². The van der Waals surface area contributed by atoms with Crippen LogP contribution in [-0.4, -0.2) is 33.3 Å². The van der Waals surface area contributed by atoms with E-state index in [9.17, 15) is 9.59 Å². The zero-order valence-corrected chi connectivity index (χ0v) is 18.8. The lowest BCUT2D eigenvalue weighted by molar-refractivity contribution is -0.119. The van der Waals surface area contributed by atoms with Crippen LogP contribution in [0.15, 0.2) is 40.3 Å². The third-order valence-electron chi connectivity index (χ3n) is 4.69. The van der Waals surface area contributed by atoms with Gasteiger partial charge in [-0.15, -0.1) is 0 Å². The smallest absolute Gasteiger partial charge is 0.278 e. The zero-order chi connectivity index (χ0) is 21.8. The summed E-state index contributed by atoms with van der Waals surface area (Å²) in [5, 5.41) is 3.56. The summed E-state index contributed by atoms with van der Waals surface area (Å²) in [5.74, 6) is 1.08. The normalized spacial score (nSPS) is 12.3. The standard InChI is InChI=1S/C22H28N4O3S/c1-13(2)11-26-21(28)20-18(9-14(3)23-20)25-22(26)30-12-19(27)24-15(4)16-7-6-8-17(10-16)29-5/h6-10,13,15,23H,11-12H2,1-5H3,(H,24,27). The van der Waals surface area contributed by atoms with Gasteiger partial charge in [0.15, 0.2) is 5.16 Å². The number of carbonyl (C=O) groups excluding carboxylic acids is 1. The van der Waals surface area contributed by atoms with E-state index in [2.05, 4.69) is 15.3 Å². The summed E-state index contributed by atoms with van der Waals surface area (Å²) in [6.45, 7) is 8.47. The molecular weight excluding hydrogens is 400 g/mol. The second-order valence-corrected chi connectivity index (χ2v) is 8.71. The van der Waals surface area contributed by atoms with E-state index in [1.54, 1.807) is 11.7 Å². The van der Waals surface area contributed by atoms with Gasteiger partial charge in [-0.05, 0) is 43.5 Å². The van der Waals surface area contributed by atoms with Crippen molar-refractivity contribution in [2.45, 2.75) is 45.4 Å². The number of nitrogens with zero attached hydrogens (tertiary/aromatic N) is 2. The number of ether oxygens (including phenoxy) is 1. The van der Waals surface area contributed by atoms with Gasteiger partial charge < -0.3 is 15.0 Å². The van der Waals surface area contributed by atoms with Gasteiger partial charge in [0, 0.05) is 12.2 Å². The molecule has 160 valence electrons. The van der Waals surface area contributed by atoms with Crippen molar-refractivity contribution in [1.82, 2.24) is 19.9 Å². The Kier molecular flexibility index (Phi) is 6.87. The predicted octanol–water partition coefficient (Wildman–Crippen LogP) is 3.67. The molecule has 7 nitrogen and oxygen atoms in total. The van der Waals surface area contributed by atoms with Crippen molar-refractivity contribution >= 4 is 28.7 Å². The van der Waals surface area contributed by atoms with E-state index in [0.717, 1.165) is 17.0 Å². The highest BCUT2D eigenvalue weighted by atomic mass is 32.2. The fourth-order valence-electron chi connectivity index (χ4n) is 3.25. The maximum absolute atomic E-state index is 12.9. The molecule has 8 heteroatoms. The molecule has 1 aromatic carbocycles. The average Bonchev–Trinajstić information content (AvgIpc) is 3.09. The molecule has 1 atom stereocenters. The SMILES string of the molecule is COc1cccc(C(C)NC(=O)CSc2nc3cc(C)[nH]c3c(=O)n2CC(C)C)c1. The van der Waals surface area contributed by atoms with E-state index in [1.165, 1.54) is 11.8 Å². The van der Waals surface area contributed by atoms with Crippen LogP contribution in [0, 0.1) is 12.8 Å². The Morgan fingerprint density at radius 2 is 2.07 bits per heavy atom. The van der Waals surface area contributed by atoms with Crippen molar-refractivity contribution in [2.75, 3.05) is 12.9 Å². The third-order valence-corrected chi connectivity index (χ3v) is 5.67. The van der Waals surface area contributed by atoms with Crippen LogP contribution >= 0.6 is 11.8 Å². The summed E-state index contributed by atoms with van der Waals surface area (Å²) in [6, 6.07) is 9.31. The number of methoxy groups -OCH3 is 1. The molecule has 0 aliphatic rings. The number of carbonyl (C=O) groups is 1. The van der Waals surface area contributed by atoms with Crippen molar-refractivity contribution in [3.05, 3.63) is 51.9 Å². The molecule has 2 N–H and O–H groups in total. The number of aromatic nitrogens is 3. The molecule has 2 heterocycles. The Bertz CT molecular complexity index is 1100. The van der Waals surface area contributed by atoms with Gasteiger partial charge in [0.1, 0.15) is 11.3 Å². The summed E-state index contributed by atoms with van der Waals surface area (Å²) < 4.78 is 6.91. The third kappa shape index (κ3) is 5.05. The first-order valence-electron chi connectivity index (χ1n) is 9.94. The molecule has 2 aromatic heterocycles. The number of thioether (sulfide) groups is 1. The summed E-state index contributed by atoms with van der Waals surface area (Å²) in [7, 11) is 1.62. The lowest BCUT2D eigenvalue weighted by Crippen LogP contribution is -2.29. The molecular formula is C22H28N4O3S. The van der Waals surface area contributed by atoms with E-state index in [0.29, 0.717) is 22.7 Å². The molecule has 0 aliphatic heterocycles. The second kappa shape index (κ2) is 9.38. The number of hydrogen-bond donors (Lipinski definition) is 2. The lowest BCUT2D eigenvalue weighted by atomic mass is 10.1. The number of rotatable bonds is 8. The van der Waals surface area contributed by atoms with Crippen LogP contribution in [0.3, 0.4) is 0 Å².